The molecule has 0 radical (unpaired) electrons. The van der Waals surface area contributed by atoms with Crippen molar-refractivity contribution in [2.24, 2.45) is 0 Å². The summed E-state index contributed by atoms with van der Waals surface area (Å²) in [5.41, 5.74) is 4.00. The normalized spacial score (nSPS) is 10.9. The Kier molecular flexibility index (Phi) is 5.26. The number of pyridine rings is 1. The van der Waals surface area contributed by atoms with E-state index in [9.17, 15) is 0 Å². The molecule has 0 aliphatic rings. The number of ether oxygens (including phenoxy) is 2. The highest BCUT2D eigenvalue weighted by Crippen LogP contribution is 2.35. The maximum absolute atomic E-state index is 6.10. The zero-order chi connectivity index (χ0) is 19.3. The van der Waals surface area contributed by atoms with Crippen LogP contribution < -0.4 is 14.8 Å². The largest absolute Gasteiger partial charge is 0.497 e. The van der Waals surface area contributed by atoms with Crippen LogP contribution in [0.15, 0.2) is 71.4 Å². The Morgan fingerprint density at radius 2 is 1.82 bits per heavy atom. The predicted molar refractivity (Wildman–Crippen MR) is 110 cm³/mol. The Morgan fingerprint density at radius 1 is 0.929 bits per heavy atom. The minimum Gasteiger partial charge on any atom is -0.497 e. The van der Waals surface area contributed by atoms with E-state index in [0.717, 1.165) is 58.0 Å². The monoisotopic (exact) mass is 374 g/mol. The summed E-state index contributed by atoms with van der Waals surface area (Å²) in [7, 11) is 3.32. The second kappa shape index (κ2) is 8.15. The van der Waals surface area contributed by atoms with Crippen LogP contribution >= 0.6 is 0 Å². The number of benzene rings is 2. The smallest absolute Gasteiger partial charge is 0.176 e. The summed E-state index contributed by atoms with van der Waals surface area (Å²) in [6.45, 7) is 1.48. The third kappa shape index (κ3) is 3.85. The molecule has 5 heteroatoms. The zero-order valence-corrected chi connectivity index (χ0v) is 15.9. The van der Waals surface area contributed by atoms with Crippen molar-refractivity contribution in [3.63, 3.8) is 0 Å². The Labute approximate surface area is 163 Å². The van der Waals surface area contributed by atoms with Gasteiger partial charge < -0.3 is 19.2 Å². The van der Waals surface area contributed by atoms with Gasteiger partial charge in [0.25, 0.3) is 0 Å². The Bertz CT molecular complexity index is 1070. The predicted octanol–water partition coefficient (Wildman–Crippen LogP) is 4.80. The molecule has 0 amide bonds. The number of methoxy groups -OCH3 is 2. The molecule has 5 nitrogen and oxygen atoms in total. The average Bonchev–Trinajstić information content (AvgIpc) is 3.18. The van der Waals surface area contributed by atoms with Gasteiger partial charge in [0.15, 0.2) is 11.3 Å². The van der Waals surface area contributed by atoms with E-state index in [-0.39, 0.29) is 0 Å². The molecular weight excluding hydrogens is 352 g/mol. The molecule has 4 rings (SSSR count). The van der Waals surface area contributed by atoms with Gasteiger partial charge in [-0.25, -0.2) is 0 Å². The number of aromatic nitrogens is 1. The lowest BCUT2D eigenvalue weighted by molar-refractivity contribution is 0.410. The fourth-order valence-corrected chi connectivity index (χ4v) is 3.21. The van der Waals surface area contributed by atoms with Crippen LogP contribution in [0.5, 0.6) is 11.5 Å². The van der Waals surface area contributed by atoms with Crippen molar-refractivity contribution in [2.45, 2.75) is 13.1 Å². The highest BCUT2D eigenvalue weighted by atomic mass is 16.5. The molecule has 4 aromatic rings. The van der Waals surface area contributed by atoms with Crippen LogP contribution in [0.25, 0.3) is 22.3 Å². The number of furan rings is 1. The Balaban J connectivity index is 1.59. The third-order valence-electron chi connectivity index (χ3n) is 4.60. The van der Waals surface area contributed by atoms with Gasteiger partial charge >= 0.3 is 0 Å². The molecular formula is C23H22N2O3. The lowest BCUT2D eigenvalue weighted by Gasteiger charge is -2.07. The van der Waals surface area contributed by atoms with E-state index >= 15 is 0 Å². The molecule has 0 atom stereocenters. The van der Waals surface area contributed by atoms with Crippen molar-refractivity contribution in [2.75, 3.05) is 14.2 Å². The third-order valence-corrected chi connectivity index (χ3v) is 4.60. The van der Waals surface area contributed by atoms with Gasteiger partial charge in [-0.2, -0.15) is 0 Å². The summed E-state index contributed by atoms with van der Waals surface area (Å²) in [4.78, 5) is 4.14. The van der Waals surface area contributed by atoms with Gasteiger partial charge in [-0.05, 0) is 47.5 Å². The van der Waals surface area contributed by atoms with E-state index in [0.29, 0.717) is 0 Å². The highest BCUT2D eigenvalue weighted by Gasteiger charge is 2.13. The molecule has 0 aliphatic heterocycles. The van der Waals surface area contributed by atoms with Crippen molar-refractivity contribution in [3.8, 4) is 22.8 Å². The second-order valence-corrected chi connectivity index (χ2v) is 6.52. The second-order valence-electron chi connectivity index (χ2n) is 6.52. The summed E-state index contributed by atoms with van der Waals surface area (Å²) >= 11 is 0. The molecule has 1 N–H and O–H groups in total. The minimum atomic E-state index is 0.723. The number of nitrogens with one attached hydrogen (secondary N) is 1. The van der Waals surface area contributed by atoms with Crippen LogP contribution in [0.3, 0.4) is 0 Å². The molecule has 0 unspecified atom stereocenters. The molecule has 0 saturated heterocycles. The van der Waals surface area contributed by atoms with Gasteiger partial charge in [0.05, 0.1) is 14.2 Å². The molecule has 2 aromatic heterocycles. The summed E-state index contributed by atoms with van der Waals surface area (Å²) in [6, 6.07) is 18.0. The molecule has 0 aliphatic carbocycles. The van der Waals surface area contributed by atoms with Gasteiger partial charge in [-0.3, -0.25) is 4.98 Å². The quantitative estimate of drug-likeness (QED) is 0.503. The topological polar surface area (TPSA) is 56.5 Å². The first-order chi connectivity index (χ1) is 13.8. The first-order valence-electron chi connectivity index (χ1n) is 9.11. The van der Waals surface area contributed by atoms with Crippen LogP contribution in [0.4, 0.5) is 0 Å². The van der Waals surface area contributed by atoms with Crippen LogP contribution in [0.2, 0.25) is 0 Å². The Morgan fingerprint density at radius 3 is 2.61 bits per heavy atom. The number of nitrogens with zero attached hydrogens (tertiary/aromatic N) is 1. The average molecular weight is 374 g/mol. The lowest BCUT2D eigenvalue weighted by Crippen LogP contribution is -2.12. The molecule has 0 saturated carbocycles. The first kappa shape index (κ1) is 18.1. The van der Waals surface area contributed by atoms with Crippen LogP contribution in [0, 0.1) is 0 Å². The molecule has 2 aromatic carbocycles. The molecule has 0 spiro atoms. The van der Waals surface area contributed by atoms with Crippen LogP contribution in [-0.2, 0) is 13.1 Å². The van der Waals surface area contributed by atoms with E-state index < -0.39 is 0 Å². The van der Waals surface area contributed by atoms with E-state index in [1.165, 1.54) is 0 Å². The Hall–Kier alpha value is -3.31. The summed E-state index contributed by atoms with van der Waals surface area (Å²) < 4.78 is 17.0. The van der Waals surface area contributed by atoms with E-state index in [2.05, 4.69) is 22.4 Å². The fraction of sp³-hybridized carbons (Fsp3) is 0.174. The molecule has 2 heterocycles. The van der Waals surface area contributed by atoms with Gasteiger partial charge in [0.2, 0.25) is 0 Å². The summed E-state index contributed by atoms with van der Waals surface area (Å²) in [6.07, 6.45) is 3.65. The highest BCUT2D eigenvalue weighted by molar-refractivity contribution is 5.88. The van der Waals surface area contributed by atoms with E-state index in [1.54, 1.807) is 20.4 Å². The van der Waals surface area contributed by atoms with Crippen molar-refractivity contribution in [3.05, 3.63) is 78.1 Å². The van der Waals surface area contributed by atoms with Crippen LogP contribution in [0.1, 0.15) is 11.1 Å². The van der Waals surface area contributed by atoms with Gasteiger partial charge in [0, 0.05) is 36.4 Å². The minimum absolute atomic E-state index is 0.723. The van der Waals surface area contributed by atoms with Crippen LogP contribution in [-0.4, -0.2) is 19.2 Å². The molecule has 28 heavy (non-hydrogen) atoms. The number of rotatable bonds is 7. The standard InChI is InChI=1S/C23H22N2O3/c1-26-20-7-3-6-18(11-20)21-12-19-9-17(10-22(27-2)23(19)28-21)15-25-14-16-5-4-8-24-13-16/h3-13,25H,14-15H2,1-2H3. The number of hydrogen-bond acceptors (Lipinski definition) is 5. The first-order valence-corrected chi connectivity index (χ1v) is 9.11. The zero-order valence-electron chi connectivity index (χ0n) is 15.9. The van der Waals surface area contributed by atoms with Crippen molar-refractivity contribution in [1.29, 1.82) is 0 Å². The van der Waals surface area contributed by atoms with Gasteiger partial charge in [-0.15, -0.1) is 0 Å². The number of hydrogen-bond donors (Lipinski definition) is 1. The SMILES string of the molecule is COc1cccc(-c2cc3cc(CNCc4cccnc4)cc(OC)c3o2)c1. The molecule has 0 fully saturated rings. The fourth-order valence-electron chi connectivity index (χ4n) is 3.21. The summed E-state index contributed by atoms with van der Waals surface area (Å²) in [5, 5.41) is 4.45. The van der Waals surface area contributed by atoms with Gasteiger partial charge in [0.1, 0.15) is 11.5 Å². The lowest BCUT2D eigenvalue weighted by atomic mass is 10.1. The maximum Gasteiger partial charge on any atom is 0.176 e. The van der Waals surface area contributed by atoms with Crippen molar-refractivity contribution >= 4 is 11.0 Å². The maximum atomic E-state index is 6.10. The summed E-state index contributed by atoms with van der Waals surface area (Å²) in [5.74, 6) is 2.31. The van der Waals surface area contributed by atoms with Gasteiger partial charge in [-0.1, -0.05) is 18.2 Å². The van der Waals surface area contributed by atoms with E-state index in [1.807, 2.05) is 48.7 Å². The molecule has 0 bridgehead atoms. The molecule has 142 valence electrons. The van der Waals surface area contributed by atoms with E-state index in [4.69, 9.17) is 13.9 Å². The number of fused-ring (bicyclic) bond motifs is 1. The van der Waals surface area contributed by atoms with Crippen molar-refractivity contribution < 1.29 is 13.9 Å². The van der Waals surface area contributed by atoms with Crippen molar-refractivity contribution in [1.82, 2.24) is 10.3 Å².